The number of benzene rings is 2. The molecule has 1 fully saturated rings. The normalized spacial score (nSPS) is 18.9. The lowest BCUT2D eigenvalue weighted by molar-refractivity contribution is -0.142. The molecule has 2 aromatic carbocycles. The highest BCUT2D eigenvalue weighted by molar-refractivity contribution is 6.09. The maximum Gasteiger partial charge on any atom is 0.325 e. The number of hydrogen-bond acceptors (Lipinski definition) is 3. The summed E-state index contributed by atoms with van der Waals surface area (Å²) in [5, 5.41) is 2.80. The third-order valence-electron chi connectivity index (χ3n) is 6.19. The van der Waals surface area contributed by atoms with Crippen molar-refractivity contribution in [3.8, 4) is 0 Å². The molecule has 1 aliphatic heterocycles. The highest BCUT2D eigenvalue weighted by atomic mass is 16.2. The van der Waals surface area contributed by atoms with Gasteiger partial charge in [-0.05, 0) is 49.8 Å². The molecule has 0 radical (unpaired) electrons. The van der Waals surface area contributed by atoms with E-state index in [9.17, 15) is 14.4 Å². The first-order chi connectivity index (χ1) is 15.2. The summed E-state index contributed by atoms with van der Waals surface area (Å²) < 4.78 is 0. The summed E-state index contributed by atoms with van der Waals surface area (Å²) in [6.45, 7) is 14.0. The standard InChI is InChI=1S/C27H35N3O3/c1-25(2,3)20-13-15-21(16-14-20)27(7)23(32)29(24(33)28-27)18-22(31)30(26(4,5)6)17-19-11-9-8-10-12-19/h8-16H,17-18H2,1-7H3,(H,28,33)/t27-/m0/s1. The summed E-state index contributed by atoms with van der Waals surface area (Å²) in [5.41, 5.74) is 1.12. The van der Waals surface area contributed by atoms with E-state index in [1.165, 1.54) is 0 Å². The molecular weight excluding hydrogens is 414 g/mol. The number of urea groups is 1. The van der Waals surface area contributed by atoms with E-state index in [0.29, 0.717) is 12.1 Å². The van der Waals surface area contributed by atoms with E-state index in [-0.39, 0.29) is 17.9 Å². The van der Waals surface area contributed by atoms with Crippen molar-refractivity contribution in [2.45, 2.75) is 71.5 Å². The van der Waals surface area contributed by atoms with Crippen LogP contribution in [0.25, 0.3) is 0 Å². The van der Waals surface area contributed by atoms with Crippen molar-refractivity contribution in [3.63, 3.8) is 0 Å². The second-order valence-corrected chi connectivity index (χ2v) is 10.9. The van der Waals surface area contributed by atoms with Gasteiger partial charge in [-0.3, -0.25) is 14.5 Å². The fraction of sp³-hybridized carbons (Fsp3) is 0.444. The molecule has 1 saturated heterocycles. The Morgan fingerprint density at radius 2 is 1.52 bits per heavy atom. The van der Waals surface area contributed by atoms with Crippen LogP contribution < -0.4 is 5.32 Å². The number of carbonyl (C=O) groups excluding carboxylic acids is 3. The fourth-order valence-corrected chi connectivity index (χ4v) is 4.03. The van der Waals surface area contributed by atoms with Gasteiger partial charge in [-0.15, -0.1) is 0 Å². The van der Waals surface area contributed by atoms with Crippen LogP contribution in [-0.2, 0) is 27.1 Å². The van der Waals surface area contributed by atoms with Gasteiger partial charge in [-0.25, -0.2) is 4.79 Å². The average Bonchev–Trinajstić information content (AvgIpc) is 2.95. The van der Waals surface area contributed by atoms with E-state index in [2.05, 4.69) is 26.1 Å². The Labute approximate surface area is 197 Å². The van der Waals surface area contributed by atoms with Gasteiger partial charge in [0.05, 0.1) is 0 Å². The maximum absolute atomic E-state index is 13.4. The zero-order valence-electron chi connectivity index (χ0n) is 20.7. The van der Waals surface area contributed by atoms with E-state index < -0.39 is 23.0 Å². The molecular formula is C27H35N3O3. The van der Waals surface area contributed by atoms with Gasteiger partial charge in [0, 0.05) is 12.1 Å². The molecule has 6 heteroatoms. The summed E-state index contributed by atoms with van der Waals surface area (Å²) in [7, 11) is 0. The molecule has 6 nitrogen and oxygen atoms in total. The Kier molecular flexibility index (Phi) is 6.42. The Balaban J connectivity index is 1.81. The number of rotatable bonds is 5. The van der Waals surface area contributed by atoms with Gasteiger partial charge in [0.25, 0.3) is 5.91 Å². The number of imide groups is 1. The lowest BCUT2D eigenvalue weighted by atomic mass is 9.84. The molecule has 176 valence electrons. The Hall–Kier alpha value is -3.15. The third-order valence-corrected chi connectivity index (χ3v) is 6.19. The molecule has 1 N–H and O–H groups in total. The van der Waals surface area contributed by atoms with Crippen LogP contribution in [0.4, 0.5) is 4.79 Å². The number of hydrogen-bond donors (Lipinski definition) is 1. The predicted octanol–water partition coefficient (Wildman–Crippen LogP) is 4.58. The number of carbonyl (C=O) groups is 3. The largest absolute Gasteiger partial charge is 0.332 e. The molecule has 1 atom stereocenters. The lowest BCUT2D eigenvalue weighted by Gasteiger charge is -2.36. The minimum Gasteiger partial charge on any atom is -0.332 e. The predicted molar refractivity (Wildman–Crippen MR) is 129 cm³/mol. The van der Waals surface area contributed by atoms with Crippen molar-refractivity contribution >= 4 is 17.8 Å². The van der Waals surface area contributed by atoms with Gasteiger partial charge in [-0.2, -0.15) is 0 Å². The van der Waals surface area contributed by atoms with E-state index >= 15 is 0 Å². The van der Waals surface area contributed by atoms with Gasteiger partial charge in [0.2, 0.25) is 5.91 Å². The van der Waals surface area contributed by atoms with E-state index in [4.69, 9.17) is 0 Å². The molecule has 2 aromatic rings. The first-order valence-electron chi connectivity index (χ1n) is 11.3. The molecule has 4 amide bonds. The molecule has 0 spiro atoms. The molecule has 0 saturated carbocycles. The fourth-order valence-electron chi connectivity index (χ4n) is 4.03. The summed E-state index contributed by atoms with van der Waals surface area (Å²) in [6, 6.07) is 16.9. The second-order valence-electron chi connectivity index (χ2n) is 10.9. The molecule has 0 aliphatic carbocycles. The zero-order chi connectivity index (χ0) is 24.6. The summed E-state index contributed by atoms with van der Waals surface area (Å²) in [6.07, 6.45) is 0. The topological polar surface area (TPSA) is 69.7 Å². The van der Waals surface area contributed by atoms with Crippen LogP contribution in [-0.4, -0.2) is 39.7 Å². The highest BCUT2D eigenvalue weighted by Crippen LogP contribution is 2.31. The smallest absolute Gasteiger partial charge is 0.325 e. The second kappa shape index (κ2) is 8.65. The minimum absolute atomic E-state index is 0.0179. The Morgan fingerprint density at radius 3 is 2.03 bits per heavy atom. The number of nitrogens with zero attached hydrogens (tertiary/aromatic N) is 2. The first-order valence-corrected chi connectivity index (χ1v) is 11.3. The van der Waals surface area contributed by atoms with Gasteiger partial charge in [0.15, 0.2) is 0 Å². The van der Waals surface area contributed by atoms with Crippen molar-refractivity contribution in [2.75, 3.05) is 6.54 Å². The van der Waals surface area contributed by atoms with Crippen LogP contribution in [0.15, 0.2) is 54.6 Å². The summed E-state index contributed by atoms with van der Waals surface area (Å²) in [4.78, 5) is 42.2. The molecule has 33 heavy (non-hydrogen) atoms. The molecule has 3 rings (SSSR count). The zero-order valence-corrected chi connectivity index (χ0v) is 20.7. The SMILES string of the molecule is CC(C)(C)c1ccc([C@]2(C)NC(=O)N(CC(=O)N(Cc3ccccc3)C(C)(C)C)C2=O)cc1. The molecule has 0 unspecified atom stereocenters. The van der Waals surface area contributed by atoms with E-state index in [1.807, 2.05) is 75.4 Å². The minimum atomic E-state index is -1.21. The van der Waals surface area contributed by atoms with Crippen LogP contribution in [0.5, 0.6) is 0 Å². The maximum atomic E-state index is 13.4. The van der Waals surface area contributed by atoms with E-state index in [0.717, 1.165) is 16.0 Å². The van der Waals surface area contributed by atoms with Gasteiger partial charge < -0.3 is 10.2 Å². The van der Waals surface area contributed by atoms with Crippen molar-refractivity contribution in [3.05, 3.63) is 71.3 Å². The van der Waals surface area contributed by atoms with Crippen LogP contribution in [0.3, 0.4) is 0 Å². The monoisotopic (exact) mass is 449 g/mol. The summed E-state index contributed by atoms with van der Waals surface area (Å²) in [5.74, 6) is -0.694. The van der Waals surface area contributed by atoms with Crippen LogP contribution in [0.1, 0.15) is 65.2 Å². The van der Waals surface area contributed by atoms with Crippen molar-refractivity contribution in [1.82, 2.24) is 15.1 Å². The van der Waals surface area contributed by atoms with Crippen LogP contribution in [0.2, 0.25) is 0 Å². The van der Waals surface area contributed by atoms with Crippen molar-refractivity contribution < 1.29 is 14.4 Å². The highest BCUT2D eigenvalue weighted by Gasteiger charge is 2.50. The molecule has 1 aliphatic rings. The first kappa shape index (κ1) is 24.5. The van der Waals surface area contributed by atoms with E-state index in [1.54, 1.807) is 11.8 Å². The van der Waals surface area contributed by atoms with Gasteiger partial charge in [0.1, 0.15) is 12.1 Å². The summed E-state index contributed by atoms with van der Waals surface area (Å²) >= 11 is 0. The lowest BCUT2D eigenvalue weighted by Crippen LogP contribution is -2.50. The number of nitrogens with one attached hydrogen (secondary N) is 1. The van der Waals surface area contributed by atoms with Crippen LogP contribution >= 0.6 is 0 Å². The average molecular weight is 450 g/mol. The van der Waals surface area contributed by atoms with Gasteiger partial charge in [-0.1, -0.05) is 75.4 Å². The molecule has 0 bridgehead atoms. The van der Waals surface area contributed by atoms with Crippen molar-refractivity contribution in [1.29, 1.82) is 0 Å². The molecule has 0 aromatic heterocycles. The van der Waals surface area contributed by atoms with Crippen molar-refractivity contribution in [2.24, 2.45) is 0 Å². The van der Waals surface area contributed by atoms with Crippen LogP contribution in [0, 0.1) is 0 Å². The Morgan fingerprint density at radius 1 is 0.939 bits per heavy atom. The number of amides is 4. The van der Waals surface area contributed by atoms with Gasteiger partial charge >= 0.3 is 6.03 Å². The third kappa shape index (κ3) is 5.10. The molecule has 1 heterocycles. The Bertz CT molecular complexity index is 1030. The quantitative estimate of drug-likeness (QED) is 0.680.